The minimum absolute atomic E-state index is 0.0927. The van der Waals surface area contributed by atoms with Crippen molar-refractivity contribution < 1.29 is 14.6 Å². The number of aromatic nitrogens is 2. The summed E-state index contributed by atoms with van der Waals surface area (Å²) in [6, 6.07) is 3.63. The Morgan fingerprint density at radius 1 is 1.26 bits per heavy atom. The number of benzene rings is 1. The molecule has 5 heteroatoms. The molecule has 0 spiro atoms. The number of rotatable bonds is 3. The van der Waals surface area contributed by atoms with Gasteiger partial charge < -0.3 is 9.84 Å². The van der Waals surface area contributed by atoms with E-state index in [-0.39, 0.29) is 5.56 Å². The third-order valence-corrected chi connectivity index (χ3v) is 3.16. The predicted octanol–water partition coefficient (Wildman–Crippen LogP) is 2.47. The van der Waals surface area contributed by atoms with Gasteiger partial charge in [0.1, 0.15) is 17.6 Å². The fourth-order valence-electron chi connectivity index (χ4n) is 1.97. The van der Waals surface area contributed by atoms with E-state index in [1.807, 2.05) is 26.0 Å². The molecular formula is C14H14N2O3. The van der Waals surface area contributed by atoms with Crippen molar-refractivity contribution in [3.8, 4) is 17.0 Å². The maximum absolute atomic E-state index is 11.2. The number of aromatic carboxylic acids is 1. The van der Waals surface area contributed by atoms with Crippen LogP contribution in [-0.2, 0) is 0 Å². The first-order chi connectivity index (χ1) is 9.06. The molecule has 0 bridgehead atoms. The van der Waals surface area contributed by atoms with Gasteiger partial charge in [0.25, 0.3) is 0 Å². The first-order valence-electron chi connectivity index (χ1n) is 5.74. The van der Waals surface area contributed by atoms with Crippen LogP contribution >= 0.6 is 0 Å². The van der Waals surface area contributed by atoms with E-state index < -0.39 is 5.97 Å². The van der Waals surface area contributed by atoms with E-state index in [4.69, 9.17) is 4.74 Å². The van der Waals surface area contributed by atoms with Crippen molar-refractivity contribution in [2.75, 3.05) is 7.11 Å². The number of carbonyl (C=O) groups is 1. The second-order valence-electron chi connectivity index (χ2n) is 4.16. The summed E-state index contributed by atoms with van der Waals surface area (Å²) in [6.45, 7) is 3.85. The minimum atomic E-state index is -1.04. The van der Waals surface area contributed by atoms with E-state index in [9.17, 15) is 9.90 Å². The fraction of sp³-hybridized carbons (Fsp3) is 0.214. The lowest BCUT2D eigenvalue weighted by Gasteiger charge is -2.13. The zero-order valence-corrected chi connectivity index (χ0v) is 11.0. The van der Waals surface area contributed by atoms with Crippen LogP contribution in [0, 0.1) is 13.8 Å². The van der Waals surface area contributed by atoms with Crippen LogP contribution in [0.15, 0.2) is 24.7 Å². The van der Waals surface area contributed by atoms with E-state index in [2.05, 4.69) is 9.97 Å². The van der Waals surface area contributed by atoms with Crippen LogP contribution in [-0.4, -0.2) is 28.2 Å². The quantitative estimate of drug-likeness (QED) is 0.915. The molecule has 19 heavy (non-hydrogen) atoms. The molecule has 0 aliphatic carbocycles. The van der Waals surface area contributed by atoms with E-state index in [1.54, 1.807) is 7.11 Å². The molecule has 1 aromatic heterocycles. The van der Waals surface area contributed by atoms with Gasteiger partial charge in [0.15, 0.2) is 0 Å². The molecular weight excluding hydrogens is 244 g/mol. The number of carboxylic acid groups (broad SMARTS) is 1. The van der Waals surface area contributed by atoms with Gasteiger partial charge in [-0.3, -0.25) is 0 Å². The minimum Gasteiger partial charge on any atom is -0.496 e. The molecule has 0 aliphatic heterocycles. The van der Waals surface area contributed by atoms with Crippen LogP contribution in [0.3, 0.4) is 0 Å². The number of nitrogens with zero attached hydrogens (tertiary/aromatic N) is 2. The van der Waals surface area contributed by atoms with E-state index in [0.29, 0.717) is 5.69 Å². The van der Waals surface area contributed by atoms with Crippen LogP contribution in [0.4, 0.5) is 0 Å². The lowest BCUT2D eigenvalue weighted by molar-refractivity contribution is 0.0697. The van der Waals surface area contributed by atoms with Gasteiger partial charge in [-0.1, -0.05) is 0 Å². The van der Waals surface area contributed by atoms with Crippen LogP contribution in [0.1, 0.15) is 21.5 Å². The summed E-state index contributed by atoms with van der Waals surface area (Å²) < 4.78 is 5.25. The summed E-state index contributed by atoms with van der Waals surface area (Å²) in [7, 11) is 1.61. The molecule has 0 fully saturated rings. The van der Waals surface area contributed by atoms with E-state index in [0.717, 1.165) is 22.4 Å². The molecule has 0 radical (unpaired) electrons. The second kappa shape index (κ2) is 5.06. The van der Waals surface area contributed by atoms with Crippen molar-refractivity contribution in [3.05, 3.63) is 41.3 Å². The molecule has 0 atom stereocenters. The topological polar surface area (TPSA) is 72.3 Å². The SMILES string of the molecule is COc1ccc(-c2ncncc2C(=O)O)c(C)c1C. The molecule has 1 aromatic carbocycles. The van der Waals surface area contributed by atoms with Crippen LogP contribution in [0.25, 0.3) is 11.3 Å². The smallest absolute Gasteiger partial charge is 0.339 e. The predicted molar refractivity (Wildman–Crippen MR) is 70.5 cm³/mol. The lowest BCUT2D eigenvalue weighted by Crippen LogP contribution is -2.04. The number of methoxy groups -OCH3 is 1. The summed E-state index contributed by atoms with van der Waals surface area (Å²) in [5.41, 5.74) is 3.20. The zero-order chi connectivity index (χ0) is 14.0. The Balaban J connectivity index is 2.67. The Bertz CT molecular complexity index is 639. The summed E-state index contributed by atoms with van der Waals surface area (Å²) in [5.74, 6) is -0.268. The first kappa shape index (κ1) is 13.0. The van der Waals surface area contributed by atoms with Crippen LogP contribution in [0.2, 0.25) is 0 Å². The van der Waals surface area contributed by atoms with Gasteiger partial charge in [-0.05, 0) is 37.1 Å². The molecule has 5 nitrogen and oxygen atoms in total. The molecule has 0 saturated heterocycles. The highest BCUT2D eigenvalue weighted by molar-refractivity contribution is 5.94. The number of ether oxygens (including phenoxy) is 1. The van der Waals surface area contributed by atoms with Gasteiger partial charge in [-0.25, -0.2) is 14.8 Å². The zero-order valence-electron chi connectivity index (χ0n) is 11.0. The molecule has 2 aromatic rings. The monoisotopic (exact) mass is 258 g/mol. The third-order valence-electron chi connectivity index (χ3n) is 3.16. The third kappa shape index (κ3) is 2.27. The van der Waals surface area contributed by atoms with Crippen molar-refractivity contribution >= 4 is 5.97 Å². The normalized spacial score (nSPS) is 10.3. The molecule has 0 saturated carbocycles. The van der Waals surface area contributed by atoms with Gasteiger partial charge in [0.05, 0.1) is 12.8 Å². The molecule has 98 valence electrons. The Hall–Kier alpha value is -2.43. The second-order valence-corrected chi connectivity index (χ2v) is 4.16. The van der Waals surface area contributed by atoms with E-state index >= 15 is 0 Å². The molecule has 0 unspecified atom stereocenters. The van der Waals surface area contributed by atoms with Crippen molar-refractivity contribution in [2.45, 2.75) is 13.8 Å². The number of hydrogen-bond acceptors (Lipinski definition) is 4. The number of hydrogen-bond donors (Lipinski definition) is 1. The summed E-state index contributed by atoms with van der Waals surface area (Å²) >= 11 is 0. The molecule has 0 amide bonds. The van der Waals surface area contributed by atoms with Crippen molar-refractivity contribution in [2.24, 2.45) is 0 Å². The maximum atomic E-state index is 11.2. The molecule has 2 rings (SSSR count). The summed E-state index contributed by atoms with van der Waals surface area (Å²) in [6.07, 6.45) is 2.66. The highest BCUT2D eigenvalue weighted by Gasteiger charge is 2.16. The van der Waals surface area contributed by atoms with Crippen molar-refractivity contribution in [1.29, 1.82) is 0 Å². The highest BCUT2D eigenvalue weighted by Crippen LogP contribution is 2.31. The Morgan fingerprint density at radius 3 is 2.63 bits per heavy atom. The van der Waals surface area contributed by atoms with Crippen molar-refractivity contribution in [1.82, 2.24) is 9.97 Å². The standard InChI is InChI=1S/C14H14N2O3/c1-8-9(2)12(19-3)5-4-10(8)13-11(14(17)18)6-15-7-16-13/h4-7H,1-3H3,(H,17,18). The maximum Gasteiger partial charge on any atom is 0.339 e. The lowest BCUT2D eigenvalue weighted by atomic mass is 9.97. The molecule has 0 aliphatic rings. The average molecular weight is 258 g/mol. The van der Waals surface area contributed by atoms with Crippen molar-refractivity contribution in [3.63, 3.8) is 0 Å². The van der Waals surface area contributed by atoms with Crippen LogP contribution < -0.4 is 4.74 Å². The molecule has 1 heterocycles. The summed E-state index contributed by atoms with van der Waals surface area (Å²) in [4.78, 5) is 19.1. The largest absolute Gasteiger partial charge is 0.496 e. The van der Waals surface area contributed by atoms with Gasteiger partial charge in [-0.15, -0.1) is 0 Å². The van der Waals surface area contributed by atoms with Crippen LogP contribution in [0.5, 0.6) is 5.75 Å². The van der Waals surface area contributed by atoms with Gasteiger partial charge >= 0.3 is 5.97 Å². The first-order valence-corrected chi connectivity index (χ1v) is 5.74. The highest BCUT2D eigenvalue weighted by atomic mass is 16.5. The van der Waals surface area contributed by atoms with Gasteiger partial charge in [0.2, 0.25) is 0 Å². The van der Waals surface area contributed by atoms with E-state index in [1.165, 1.54) is 12.5 Å². The average Bonchev–Trinajstić information content (AvgIpc) is 2.42. The Morgan fingerprint density at radius 2 is 2.00 bits per heavy atom. The number of carboxylic acids is 1. The fourth-order valence-corrected chi connectivity index (χ4v) is 1.97. The van der Waals surface area contributed by atoms with Gasteiger partial charge in [0, 0.05) is 11.8 Å². The summed E-state index contributed by atoms with van der Waals surface area (Å²) in [5, 5.41) is 9.18. The Kier molecular flexibility index (Phi) is 3.46. The Labute approximate surface area is 110 Å². The molecule has 1 N–H and O–H groups in total. The van der Waals surface area contributed by atoms with Gasteiger partial charge in [-0.2, -0.15) is 0 Å².